The zero-order valence-electron chi connectivity index (χ0n) is 19.6. The van der Waals surface area contributed by atoms with Gasteiger partial charge in [-0.2, -0.15) is 23.1 Å². The molecule has 1 unspecified atom stereocenters. The molecule has 1 amide bonds. The Morgan fingerprint density at radius 1 is 1.09 bits per heavy atom. The Kier molecular flexibility index (Phi) is 7.48. The molecule has 1 aliphatic heterocycles. The number of benzene rings is 1. The molecule has 3 heterocycles. The first-order valence-electron chi connectivity index (χ1n) is 11.6. The molecule has 12 heteroatoms. The summed E-state index contributed by atoms with van der Waals surface area (Å²) in [5.74, 6) is 1.58. The largest absolute Gasteiger partial charge is 0.416 e. The number of amides is 1. The summed E-state index contributed by atoms with van der Waals surface area (Å²) in [4.78, 5) is 25.1. The first-order chi connectivity index (χ1) is 16.7. The van der Waals surface area contributed by atoms with Gasteiger partial charge in [-0.05, 0) is 25.5 Å². The van der Waals surface area contributed by atoms with Crippen LogP contribution in [-0.2, 0) is 23.8 Å². The Morgan fingerprint density at radius 3 is 2.57 bits per heavy atom. The van der Waals surface area contributed by atoms with Crippen LogP contribution in [0.5, 0.6) is 0 Å². The van der Waals surface area contributed by atoms with Crippen LogP contribution in [0, 0.1) is 0 Å². The maximum atomic E-state index is 13.0. The lowest BCUT2D eigenvalue weighted by atomic mass is 10.1. The molecule has 3 aromatic rings. The second-order valence-electron chi connectivity index (χ2n) is 8.48. The highest BCUT2D eigenvalue weighted by Crippen LogP contribution is 2.32. The maximum absolute atomic E-state index is 13.0. The van der Waals surface area contributed by atoms with Crippen LogP contribution in [0.3, 0.4) is 0 Å². The molecule has 0 radical (unpaired) electrons. The fraction of sp³-hybridized carbons (Fsp3) is 0.522. The highest BCUT2D eigenvalue weighted by molar-refractivity contribution is 5.76. The quantitative estimate of drug-likeness (QED) is 0.466. The molecule has 0 bridgehead atoms. The maximum Gasteiger partial charge on any atom is 0.416 e. The number of halogens is 3. The Balaban J connectivity index is 1.29. The molecule has 35 heavy (non-hydrogen) atoms. The topological polar surface area (TPSA) is 101 Å². The predicted octanol–water partition coefficient (Wildman–Crippen LogP) is 3.93. The lowest BCUT2D eigenvalue weighted by molar-refractivity contribution is -0.137. The molecule has 188 valence electrons. The molecular formula is C23H27F3N6O3. The van der Waals surface area contributed by atoms with Crippen molar-refractivity contribution in [3.8, 4) is 11.4 Å². The molecule has 0 saturated carbocycles. The predicted molar refractivity (Wildman–Crippen MR) is 118 cm³/mol. The van der Waals surface area contributed by atoms with Gasteiger partial charge in [0.1, 0.15) is 0 Å². The highest BCUT2D eigenvalue weighted by Gasteiger charge is 2.31. The number of hydrogen-bond donors (Lipinski definition) is 0. The van der Waals surface area contributed by atoms with Crippen molar-refractivity contribution in [1.82, 2.24) is 30.1 Å². The Bertz CT molecular complexity index is 1140. The normalized spacial score (nSPS) is 16.0. The Labute approximate surface area is 200 Å². The first kappa shape index (κ1) is 24.8. The second-order valence-corrected chi connectivity index (χ2v) is 8.48. The van der Waals surface area contributed by atoms with E-state index in [0.717, 1.165) is 25.0 Å². The Hall–Kier alpha value is -3.28. The fourth-order valence-electron chi connectivity index (χ4n) is 3.96. The van der Waals surface area contributed by atoms with Crippen molar-refractivity contribution in [2.45, 2.75) is 51.7 Å². The average Bonchev–Trinajstić information content (AvgIpc) is 3.52. The number of aryl methyl sites for hydroxylation is 2. The smallest absolute Gasteiger partial charge is 0.340 e. The standard InChI is InChI=1S/C23H27F3N6O3/c1-3-5-18-27-19(34-29-18)8-9-20(33)32-12-10-31(11-13-32)15(2)22-28-21(30-35-22)16-6-4-7-17(14-16)23(24,25)26/h4,6-7,14-15H,3,5,8-13H2,1-2H3. The van der Waals surface area contributed by atoms with Crippen LogP contribution in [0.25, 0.3) is 11.4 Å². The Morgan fingerprint density at radius 2 is 1.86 bits per heavy atom. The van der Waals surface area contributed by atoms with Crippen LogP contribution in [0.15, 0.2) is 33.3 Å². The van der Waals surface area contributed by atoms with E-state index in [9.17, 15) is 18.0 Å². The number of carbonyl (C=O) groups is 1. The summed E-state index contributed by atoms with van der Waals surface area (Å²) in [6, 6.07) is 4.59. The third-order valence-corrected chi connectivity index (χ3v) is 6.00. The fourth-order valence-corrected chi connectivity index (χ4v) is 3.96. The van der Waals surface area contributed by atoms with E-state index in [-0.39, 0.29) is 23.3 Å². The minimum absolute atomic E-state index is 0.0252. The van der Waals surface area contributed by atoms with Crippen LogP contribution in [0.4, 0.5) is 13.2 Å². The van der Waals surface area contributed by atoms with Gasteiger partial charge < -0.3 is 13.9 Å². The number of aromatic nitrogens is 4. The first-order valence-corrected chi connectivity index (χ1v) is 11.6. The number of hydrogen-bond acceptors (Lipinski definition) is 8. The summed E-state index contributed by atoms with van der Waals surface area (Å²) in [5, 5.41) is 7.77. The number of piperazine rings is 1. The van der Waals surface area contributed by atoms with Crippen molar-refractivity contribution in [2.75, 3.05) is 26.2 Å². The molecule has 0 N–H and O–H groups in total. The van der Waals surface area contributed by atoms with E-state index in [1.807, 2.05) is 13.8 Å². The number of nitrogens with zero attached hydrogens (tertiary/aromatic N) is 6. The summed E-state index contributed by atoms with van der Waals surface area (Å²) in [7, 11) is 0. The van der Waals surface area contributed by atoms with Crippen LogP contribution < -0.4 is 0 Å². The molecular weight excluding hydrogens is 465 g/mol. The van der Waals surface area contributed by atoms with E-state index < -0.39 is 11.7 Å². The van der Waals surface area contributed by atoms with Crippen LogP contribution >= 0.6 is 0 Å². The second kappa shape index (κ2) is 10.5. The van der Waals surface area contributed by atoms with Gasteiger partial charge in [-0.25, -0.2) is 0 Å². The summed E-state index contributed by atoms with van der Waals surface area (Å²) < 4.78 is 49.6. The molecule has 1 aromatic carbocycles. The lowest BCUT2D eigenvalue weighted by Gasteiger charge is -2.36. The van der Waals surface area contributed by atoms with Gasteiger partial charge >= 0.3 is 6.18 Å². The highest BCUT2D eigenvalue weighted by atomic mass is 19.4. The molecule has 1 atom stereocenters. The van der Waals surface area contributed by atoms with E-state index >= 15 is 0 Å². The third-order valence-electron chi connectivity index (χ3n) is 6.00. The van der Waals surface area contributed by atoms with Gasteiger partial charge in [0.05, 0.1) is 11.6 Å². The molecule has 4 rings (SSSR count). The van der Waals surface area contributed by atoms with Crippen LogP contribution in [0.2, 0.25) is 0 Å². The van der Waals surface area contributed by atoms with E-state index in [2.05, 4.69) is 25.2 Å². The van der Waals surface area contributed by atoms with Gasteiger partial charge in [-0.3, -0.25) is 9.69 Å². The summed E-state index contributed by atoms with van der Waals surface area (Å²) in [6.07, 6.45) is -2.06. The van der Waals surface area contributed by atoms with Crippen molar-refractivity contribution in [2.24, 2.45) is 0 Å². The lowest BCUT2D eigenvalue weighted by Crippen LogP contribution is -2.49. The van der Waals surface area contributed by atoms with Gasteiger partial charge in [0.25, 0.3) is 0 Å². The number of carbonyl (C=O) groups excluding carboxylic acids is 1. The van der Waals surface area contributed by atoms with Gasteiger partial charge in [-0.1, -0.05) is 29.4 Å². The third kappa shape index (κ3) is 6.05. The van der Waals surface area contributed by atoms with Gasteiger partial charge in [0.15, 0.2) is 5.82 Å². The summed E-state index contributed by atoms with van der Waals surface area (Å²) in [5.41, 5.74) is -0.531. The van der Waals surface area contributed by atoms with Crippen LogP contribution in [0.1, 0.15) is 55.9 Å². The van der Waals surface area contributed by atoms with Crippen molar-refractivity contribution in [3.05, 3.63) is 47.4 Å². The van der Waals surface area contributed by atoms with Crippen LogP contribution in [-0.4, -0.2) is 62.2 Å². The minimum Gasteiger partial charge on any atom is -0.340 e. The minimum atomic E-state index is -4.45. The molecule has 0 spiro atoms. The summed E-state index contributed by atoms with van der Waals surface area (Å²) >= 11 is 0. The van der Waals surface area contributed by atoms with Crippen molar-refractivity contribution in [1.29, 1.82) is 0 Å². The molecule has 1 fully saturated rings. The van der Waals surface area contributed by atoms with E-state index in [1.54, 1.807) is 4.90 Å². The molecule has 9 nitrogen and oxygen atoms in total. The van der Waals surface area contributed by atoms with Gasteiger partial charge in [-0.15, -0.1) is 0 Å². The van der Waals surface area contributed by atoms with E-state index in [4.69, 9.17) is 9.05 Å². The molecule has 1 aliphatic rings. The van der Waals surface area contributed by atoms with Crippen molar-refractivity contribution < 1.29 is 27.0 Å². The zero-order chi connectivity index (χ0) is 25.0. The van der Waals surface area contributed by atoms with Gasteiger partial charge in [0, 0.05) is 51.0 Å². The average molecular weight is 493 g/mol. The monoisotopic (exact) mass is 492 g/mol. The van der Waals surface area contributed by atoms with Crippen molar-refractivity contribution in [3.63, 3.8) is 0 Å². The molecule has 1 saturated heterocycles. The van der Waals surface area contributed by atoms with E-state index in [1.165, 1.54) is 12.1 Å². The zero-order valence-corrected chi connectivity index (χ0v) is 19.6. The van der Waals surface area contributed by atoms with Gasteiger partial charge in [0.2, 0.25) is 23.5 Å². The van der Waals surface area contributed by atoms with E-state index in [0.29, 0.717) is 56.6 Å². The summed E-state index contributed by atoms with van der Waals surface area (Å²) in [6.45, 7) is 6.23. The number of alkyl halides is 3. The SMILES string of the molecule is CCCc1noc(CCC(=O)N2CCN(C(C)c3nc(-c4cccc(C(F)(F)F)c4)no3)CC2)n1. The van der Waals surface area contributed by atoms with Crippen molar-refractivity contribution >= 4 is 5.91 Å². The number of rotatable bonds is 8. The molecule has 0 aliphatic carbocycles. The molecule has 2 aromatic heterocycles.